The fourth-order valence-corrected chi connectivity index (χ4v) is 24.7. The maximum absolute atomic E-state index is 2.54. The number of rotatable bonds is 2. The van der Waals surface area contributed by atoms with Gasteiger partial charge in [0.25, 0.3) is 0 Å². The first-order chi connectivity index (χ1) is 8.21. The molecule has 0 atom stereocenters. The van der Waals surface area contributed by atoms with Gasteiger partial charge in [-0.1, -0.05) is 0 Å². The van der Waals surface area contributed by atoms with E-state index in [2.05, 4.69) is 63.8 Å². The molecule has 0 fully saturated rings. The van der Waals surface area contributed by atoms with E-state index in [1.807, 2.05) is 4.91 Å². The normalized spacial score (nSPS) is 11.9. The van der Waals surface area contributed by atoms with Gasteiger partial charge in [-0.25, -0.2) is 0 Å². The van der Waals surface area contributed by atoms with Gasteiger partial charge in [0.05, 0.1) is 0 Å². The Kier molecular flexibility index (Phi) is 7.41. The summed E-state index contributed by atoms with van der Waals surface area (Å²) < 4.78 is 3.78. The van der Waals surface area contributed by atoms with Gasteiger partial charge in [0.15, 0.2) is 0 Å². The Hall–Kier alpha value is 1.60. The van der Waals surface area contributed by atoms with Gasteiger partial charge in [0, 0.05) is 0 Å². The second-order valence-electron chi connectivity index (χ2n) is 6.46. The molecule has 2 rings (SSSR count). The Labute approximate surface area is 132 Å². The zero-order chi connectivity index (χ0) is 13.8. The van der Waals surface area contributed by atoms with Crippen molar-refractivity contribution in [2.24, 2.45) is 0 Å². The summed E-state index contributed by atoms with van der Waals surface area (Å²) in [6.45, 7) is 0. The van der Waals surface area contributed by atoms with Crippen molar-refractivity contribution in [1.82, 2.24) is 0 Å². The van der Waals surface area contributed by atoms with Crippen LogP contribution in [0.25, 0.3) is 0 Å². The molecule has 18 heavy (non-hydrogen) atoms. The van der Waals surface area contributed by atoms with Crippen LogP contribution in [0.2, 0.25) is 29.6 Å². The van der Waals surface area contributed by atoms with Crippen LogP contribution in [0.3, 0.4) is 0 Å². The molecule has 4 heteroatoms. The third-order valence-electron chi connectivity index (χ3n) is 2.51. The second kappa shape index (κ2) is 7.56. The van der Waals surface area contributed by atoms with E-state index in [4.69, 9.17) is 0 Å². The summed E-state index contributed by atoms with van der Waals surface area (Å²) in [4.78, 5) is 19.6. The third kappa shape index (κ3) is 6.36. The molecule has 0 saturated heterocycles. The summed E-state index contributed by atoms with van der Waals surface area (Å²) in [6, 6.07) is 9.13. The fraction of sp³-hybridized carbons (Fsp3) is 0.429. The monoisotopic (exact) mass is 592 g/mol. The molecule has 0 unspecified atom stereocenters. The van der Waals surface area contributed by atoms with Crippen LogP contribution in [-0.2, 0) is 0 Å². The Morgan fingerprint density at radius 3 is 1.28 bits per heavy atom. The van der Waals surface area contributed by atoms with E-state index < -0.39 is 36.8 Å². The van der Waals surface area contributed by atoms with Gasteiger partial charge in [-0.05, 0) is 0 Å². The topological polar surface area (TPSA) is 0 Å². The van der Waals surface area contributed by atoms with Crippen LogP contribution in [-0.4, -0.2) is 65.8 Å². The number of hydrogen-bond acceptors (Lipinski definition) is 0. The molecule has 0 spiro atoms. The standard InChI is InChI=1S/C4H4Se.C4H2Se.6CH3.2Sn/c2*1-2-4-5-3-1;;;;;;;;/h1-4H;1-2H;6*1H3;;. The van der Waals surface area contributed by atoms with Crippen LogP contribution in [0.4, 0.5) is 0 Å². The SMILES string of the molecule is [CH3][Sn]([CH3])([CH3])[c]1cc[c]([Sn]([CH3])([CH3])[CH3])[se]1.c1cc[se]c1. The van der Waals surface area contributed by atoms with E-state index >= 15 is 0 Å². The molecular formula is C14H24Se2Sn2. The van der Waals surface area contributed by atoms with Crippen molar-refractivity contribution < 1.29 is 0 Å². The minimum absolute atomic E-state index is 0.708. The maximum atomic E-state index is 2.54. The average molecular weight is 588 g/mol. The van der Waals surface area contributed by atoms with E-state index in [9.17, 15) is 0 Å². The van der Waals surface area contributed by atoms with Crippen molar-refractivity contribution in [2.45, 2.75) is 29.6 Å². The summed E-state index contributed by atoms with van der Waals surface area (Å²) in [5, 5.41) is 0. The average Bonchev–Trinajstić information content (AvgIpc) is 2.91. The van der Waals surface area contributed by atoms with Crippen molar-refractivity contribution in [3.63, 3.8) is 0 Å². The van der Waals surface area contributed by atoms with Gasteiger partial charge >= 0.3 is 134 Å². The molecule has 0 N–H and O–H groups in total. The quantitative estimate of drug-likeness (QED) is 0.475. The molecule has 0 nitrogen and oxygen atoms in total. The van der Waals surface area contributed by atoms with Crippen LogP contribution >= 0.6 is 0 Å². The van der Waals surface area contributed by atoms with Crippen molar-refractivity contribution in [3.8, 4) is 0 Å². The fourth-order valence-electron chi connectivity index (χ4n) is 1.37. The van der Waals surface area contributed by atoms with E-state index in [1.54, 1.807) is 0 Å². The van der Waals surface area contributed by atoms with Crippen molar-refractivity contribution in [1.29, 1.82) is 0 Å². The van der Waals surface area contributed by atoms with E-state index in [0.717, 1.165) is 14.5 Å². The van der Waals surface area contributed by atoms with Crippen LogP contribution in [0.5, 0.6) is 0 Å². The molecule has 0 aliphatic rings. The Balaban J connectivity index is 0.000000269. The van der Waals surface area contributed by atoms with Crippen LogP contribution in [0.1, 0.15) is 0 Å². The van der Waals surface area contributed by atoms with Crippen molar-refractivity contribution in [2.75, 3.05) is 0 Å². The molecule has 0 amide bonds. The zero-order valence-corrected chi connectivity index (χ0v) is 21.4. The van der Waals surface area contributed by atoms with Gasteiger partial charge in [-0.2, -0.15) is 0 Å². The van der Waals surface area contributed by atoms with Crippen LogP contribution < -0.4 is 4.91 Å². The number of hydrogen-bond donors (Lipinski definition) is 0. The molecule has 2 aromatic heterocycles. The Bertz CT molecular complexity index is 399. The predicted molar refractivity (Wildman–Crippen MR) is 92.7 cm³/mol. The molecule has 0 aromatic carbocycles. The molecule has 2 aromatic rings. The minimum atomic E-state index is -1.68. The van der Waals surface area contributed by atoms with Crippen molar-refractivity contribution >= 4 is 70.7 Å². The molecule has 0 radical (unpaired) electrons. The Morgan fingerprint density at radius 2 is 1.11 bits per heavy atom. The van der Waals surface area contributed by atoms with Crippen LogP contribution in [0.15, 0.2) is 34.1 Å². The van der Waals surface area contributed by atoms with Crippen LogP contribution in [0, 0.1) is 0 Å². The molecule has 0 aliphatic carbocycles. The zero-order valence-electron chi connectivity index (χ0n) is 12.3. The summed E-state index contributed by atoms with van der Waals surface area (Å²) in [5.74, 6) is 0. The molecule has 2 heterocycles. The second-order valence-corrected chi connectivity index (χ2v) is 43.8. The molecule has 0 saturated carbocycles. The predicted octanol–water partition coefficient (Wildman–Crippen LogP) is 2.58. The summed E-state index contributed by atoms with van der Waals surface area (Å²) in [6.07, 6.45) is 0. The molecule has 0 aliphatic heterocycles. The third-order valence-corrected chi connectivity index (χ3v) is 35.0. The van der Waals surface area contributed by atoms with Gasteiger partial charge in [0.1, 0.15) is 0 Å². The van der Waals surface area contributed by atoms with E-state index in [1.165, 1.54) is 0 Å². The summed E-state index contributed by atoms with van der Waals surface area (Å²) >= 11 is -1.87. The first kappa shape index (κ1) is 17.6. The van der Waals surface area contributed by atoms with Gasteiger partial charge in [0.2, 0.25) is 0 Å². The molecular weight excluding hydrogens is 563 g/mol. The first-order valence-corrected chi connectivity index (χ1v) is 30.0. The van der Waals surface area contributed by atoms with E-state index in [0.29, 0.717) is 14.5 Å². The van der Waals surface area contributed by atoms with Gasteiger partial charge < -0.3 is 0 Å². The summed E-state index contributed by atoms with van der Waals surface area (Å²) in [5.41, 5.74) is 0. The Morgan fingerprint density at radius 1 is 0.722 bits per heavy atom. The molecule has 100 valence electrons. The first-order valence-electron chi connectivity index (χ1n) is 6.29. The summed E-state index contributed by atoms with van der Waals surface area (Å²) in [7, 11) is 0. The van der Waals surface area contributed by atoms with Crippen molar-refractivity contribution in [3.05, 3.63) is 34.1 Å². The van der Waals surface area contributed by atoms with Gasteiger partial charge in [-0.15, -0.1) is 0 Å². The van der Waals surface area contributed by atoms with E-state index in [-0.39, 0.29) is 0 Å². The van der Waals surface area contributed by atoms with Gasteiger partial charge in [-0.3, -0.25) is 0 Å². The molecule has 0 bridgehead atoms.